The molecule has 0 aromatic carbocycles. The Hall–Kier alpha value is -1.37. The van der Waals surface area contributed by atoms with E-state index in [4.69, 9.17) is 4.74 Å². The minimum Gasteiger partial charge on any atom is -0.444 e. The zero-order valence-corrected chi connectivity index (χ0v) is 12.6. The average Bonchev–Trinajstić information content (AvgIpc) is 2.83. The van der Waals surface area contributed by atoms with Crippen LogP contribution in [-0.2, 0) is 4.74 Å². The van der Waals surface area contributed by atoms with Crippen molar-refractivity contribution < 1.29 is 9.53 Å². The maximum Gasteiger partial charge on any atom is 0.407 e. The maximum absolute atomic E-state index is 11.7. The van der Waals surface area contributed by atoms with Gasteiger partial charge in [0.1, 0.15) is 11.4 Å². The summed E-state index contributed by atoms with van der Waals surface area (Å²) in [6, 6.07) is 0.110. The highest BCUT2D eigenvalue weighted by Crippen LogP contribution is 2.22. The van der Waals surface area contributed by atoms with E-state index in [1.165, 1.54) is 11.5 Å². The van der Waals surface area contributed by atoms with Crippen molar-refractivity contribution >= 4 is 22.8 Å². The second-order valence-electron chi connectivity index (χ2n) is 5.70. The smallest absolute Gasteiger partial charge is 0.407 e. The third kappa shape index (κ3) is 4.05. The minimum absolute atomic E-state index is 0.110. The molecule has 19 heavy (non-hydrogen) atoms. The lowest BCUT2D eigenvalue weighted by Crippen LogP contribution is -2.40. The molecule has 6 nitrogen and oxygen atoms in total. The Kier molecular flexibility index (Phi) is 3.93. The van der Waals surface area contributed by atoms with Crippen LogP contribution in [0.3, 0.4) is 0 Å². The lowest BCUT2D eigenvalue weighted by atomic mass is 10.2. The molecule has 1 fully saturated rings. The number of aryl methyl sites for hydroxylation is 1. The number of amides is 1. The molecule has 0 saturated carbocycles. The molecule has 1 amide bonds. The van der Waals surface area contributed by atoms with E-state index in [2.05, 4.69) is 19.6 Å². The van der Waals surface area contributed by atoms with Crippen molar-refractivity contribution in [2.45, 2.75) is 45.8 Å². The van der Waals surface area contributed by atoms with E-state index >= 15 is 0 Å². The Labute approximate surface area is 117 Å². The van der Waals surface area contributed by atoms with Crippen molar-refractivity contribution in [2.24, 2.45) is 0 Å². The van der Waals surface area contributed by atoms with E-state index in [-0.39, 0.29) is 12.1 Å². The van der Waals surface area contributed by atoms with Gasteiger partial charge in [-0.2, -0.15) is 4.37 Å². The number of hydrogen-bond acceptors (Lipinski definition) is 6. The Bertz CT molecular complexity index is 455. The fourth-order valence-corrected chi connectivity index (χ4v) is 2.65. The molecule has 2 rings (SSSR count). The van der Waals surface area contributed by atoms with Gasteiger partial charge in [-0.1, -0.05) is 0 Å². The number of carbonyl (C=O) groups is 1. The fourth-order valence-electron chi connectivity index (χ4n) is 1.94. The molecule has 0 aliphatic carbocycles. The SMILES string of the molecule is Cc1nsc(N2CCC(NC(=O)OC(C)(C)C)C2)n1. The molecule has 1 atom stereocenters. The van der Waals surface area contributed by atoms with Crippen molar-refractivity contribution in [3.8, 4) is 0 Å². The third-order valence-electron chi connectivity index (χ3n) is 2.70. The fraction of sp³-hybridized carbons (Fsp3) is 0.750. The first-order valence-corrected chi connectivity index (χ1v) is 7.15. The van der Waals surface area contributed by atoms with Gasteiger partial charge >= 0.3 is 6.09 Å². The Morgan fingerprint density at radius 1 is 1.53 bits per heavy atom. The maximum atomic E-state index is 11.7. The van der Waals surface area contributed by atoms with Crippen LogP contribution in [0.25, 0.3) is 0 Å². The second-order valence-corrected chi connectivity index (χ2v) is 6.43. The van der Waals surface area contributed by atoms with Gasteiger partial charge in [-0.25, -0.2) is 9.78 Å². The van der Waals surface area contributed by atoms with Crippen molar-refractivity contribution in [2.75, 3.05) is 18.0 Å². The van der Waals surface area contributed by atoms with Crippen LogP contribution in [0.2, 0.25) is 0 Å². The van der Waals surface area contributed by atoms with Crippen LogP contribution in [0.4, 0.5) is 9.93 Å². The summed E-state index contributed by atoms with van der Waals surface area (Å²) in [4.78, 5) is 18.2. The van der Waals surface area contributed by atoms with Gasteiger partial charge in [0.15, 0.2) is 0 Å². The normalized spacial score (nSPS) is 19.6. The van der Waals surface area contributed by atoms with Crippen LogP contribution in [0.5, 0.6) is 0 Å². The standard InChI is InChI=1S/C12H20N4O2S/c1-8-13-10(19-15-8)16-6-5-9(7-16)14-11(17)18-12(2,3)4/h9H,5-7H2,1-4H3,(H,14,17). The molecule has 1 unspecified atom stereocenters. The molecule has 2 heterocycles. The van der Waals surface area contributed by atoms with Crippen LogP contribution < -0.4 is 10.2 Å². The highest BCUT2D eigenvalue weighted by atomic mass is 32.1. The predicted molar refractivity (Wildman–Crippen MR) is 74.6 cm³/mol. The molecule has 1 aromatic heterocycles. The summed E-state index contributed by atoms with van der Waals surface area (Å²) < 4.78 is 9.42. The number of anilines is 1. The quantitative estimate of drug-likeness (QED) is 0.899. The largest absolute Gasteiger partial charge is 0.444 e. The summed E-state index contributed by atoms with van der Waals surface area (Å²) in [5.74, 6) is 0.795. The Morgan fingerprint density at radius 3 is 2.84 bits per heavy atom. The van der Waals surface area contributed by atoms with E-state index in [9.17, 15) is 4.79 Å². The number of alkyl carbamates (subject to hydrolysis) is 1. The van der Waals surface area contributed by atoms with Crippen LogP contribution in [0, 0.1) is 6.92 Å². The summed E-state index contributed by atoms with van der Waals surface area (Å²) in [7, 11) is 0. The first-order chi connectivity index (χ1) is 8.83. The van der Waals surface area contributed by atoms with E-state index < -0.39 is 5.60 Å². The number of aromatic nitrogens is 2. The van der Waals surface area contributed by atoms with Gasteiger partial charge in [0.05, 0.1) is 6.04 Å². The van der Waals surface area contributed by atoms with E-state index in [1.807, 2.05) is 27.7 Å². The Balaban J connectivity index is 1.84. The number of carbonyl (C=O) groups excluding carboxylic acids is 1. The topological polar surface area (TPSA) is 67.4 Å². The Morgan fingerprint density at radius 2 is 2.26 bits per heavy atom. The molecule has 106 valence electrons. The van der Waals surface area contributed by atoms with E-state index in [0.717, 1.165) is 30.5 Å². The van der Waals surface area contributed by atoms with Gasteiger partial charge in [-0.15, -0.1) is 0 Å². The van der Waals surface area contributed by atoms with Crippen LogP contribution in [0.15, 0.2) is 0 Å². The summed E-state index contributed by atoms with van der Waals surface area (Å²) in [5, 5.41) is 3.82. The van der Waals surface area contributed by atoms with Gasteiger partial charge in [0, 0.05) is 24.6 Å². The number of ether oxygens (including phenoxy) is 1. The van der Waals surface area contributed by atoms with Crippen molar-refractivity contribution in [1.29, 1.82) is 0 Å². The molecule has 1 saturated heterocycles. The van der Waals surface area contributed by atoms with Gasteiger partial charge in [-0.05, 0) is 34.1 Å². The van der Waals surface area contributed by atoms with Gasteiger partial charge in [-0.3, -0.25) is 0 Å². The first kappa shape index (κ1) is 14.0. The van der Waals surface area contributed by atoms with Crippen molar-refractivity contribution in [3.05, 3.63) is 5.82 Å². The molecule has 0 spiro atoms. The van der Waals surface area contributed by atoms with Crippen LogP contribution >= 0.6 is 11.5 Å². The molecule has 0 radical (unpaired) electrons. The highest BCUT2D eigenvalue weighted by molar-refractivity contribution is 7.09. The molecule has 1 aromatic rings. The van der Waals surface area contributed by atoms with E-state index in [0.29, 0.717) is 0 Å². The van der Waals surface area contributed by atoms with E-state index in [1.54, 1.807) is 0 Å². The third-order valence-corrected chi connectivity index (χ3v) is 3.56. The van der Waals surface area contributed by atoms with Crippen molar-refractivity contribution in [3.63, 3.8) is 0 Å². The summed E-state index contributed by atoms with van der Waals surface area (Å²) in [6.45, 7) is 9.10. The zero-order chi connectivity index (χ0) is 14.0. The lowest BCUT2D eigenvalue weighted by Gasteiger charge is -2.21. The summed E-state index contributed by atoms with van der Waals surface area (Å²) >= 11 is 1.40. The lowest BCUT2D eigenvalue weighted by molar-refractivity contribution is 0.0509. The first-order valence-electron chi connectivity index (χ1n) is 6.38. The summed E-state index contributed by atoms with van der Waals surface area (Å²) in [6.07, 6.45) is 0.547. The monoisotopic (exact) mass is 284 g/mol. The number of nitrogens with one attached hydrogen (secondary N) is 1. The zero-order valence-electron chi connectivity index (χ0n) is 11.8. The molecule has 0 bridgehead atoms. The molecular formula is C12H20N4O2S. The van der Waals surface area contributed by atoms with Gasteiger partial charge < -0.3 is 15.0 Å². The minimum atomic E-state index is -0.460. The molecule has 1 aliphatic heterocycles. The molecule has 1 aliphatic rings. The molecule has 1 N–H and O–H groups in total. The number of hydrogen-bond donors (Lipinski definition) is 1. The highest BCUT2D eigenvalue weighted by Gasteiger charge is 2.27. The average molecular weight is 284 g/mol. The van der Waals surface area contributed by atoms with Crippen molar-refractivity contribution in [1.82, 2.24) is 14.7 Å². The molecular weight excluding hydrogens is 264 g/mol. The van der Waals surface area contributed by atoms with Crippen LogP contribution in [0.1, 0.15) is 33.0 Å². The number of rotatable bonds is 2. The van der Waals surface area contributed by atoms with Gasteiger partial charge in [0.2, 0.25) is 5.13 Å². The van der Waals surface area contributed by atoms with Gasteiger partial charge in [0.25, 0.3) is 0 Å². The van der Waals surface area contributed by atoms with Crippen LogP contribution in [-0.4, -0.2) is 40.2 Å². The molecule has 7 heteroatoms. The second kappa shape index (κ2) is 5.32. The number of nitrogens with zero attached hydrogens (tertiary/aromatic N) is 3. The summed E-state index contributed by atoms with van der Waals surface area (Å²) in [5.41, 5.74) is -0.460. The predicted octanol–water partition coefficient (Wildman–Crippen LogP) is 1.95.